The molecule has 0 aliphatic rings. The maximum atomic E-state index is 5.36. The van der Waals surface area contributed by atoms with Crippen molar-refractivity contribution >= 4 is 13.3 Å². The van der Waals surface area contributed by atoms with Crippen LogP contribution in [-0.4, -0.2) is 17.1 Å². The summed E-state index contributed by atoms with van der Waals surface area (Å²) in [7, 11) is 1.65. The summed E-state index contributed by atoms with van der Waals surface area (Å²) in [6, 6.07) is 18.8. The van der Waals surface area contributed by atoms with Gasteiger partial charge < -0.3 is 4.74 Å². The van der Waals surface area contributed by atoms with Gasteiger partial charge in [0.15, 0.2) is 0 Å². The van der Waals surface area contributed by atoms with Crippen molar-refractivity contribution in [1.82, 2.24) is 9.97 Å². The Morgan fingerprint density at radius 3 is 1.77 bits per heavy atom. The fourth-order valence-corrected chi connectivity index (χ4v) is 1.98. The first-order valence-electron chi connectivity index (χ1n) is 6.43. The molecule has 2 heterocycles. The van der Waals surface area contributed by atoms with E-state index >= 15 is 0 Å². The number of methoxy groups -OCH3 is 1. The summed E-state index contributed by atoms with van der Waals surface area (Å²) >= 11 is 4.86. The summed E-state index contributed by atoms with van der Waals surface area (Å²) < 4.78 is 5.36. The molecule has 0 saturated heterocycles. The van der Waals surface area contributed by atoms with Crippen LogP contribution in [0.3, 0.4) is 0 Å². The predicted molar refractivity (Wildman–Crippen MR) is 87.2 cm³/mol. The molecule has 0 spiro atoms. The van der Waals surface area contributed by atoms with E-state index in [1.54, 1.807) is 19.5 Å². The molecule has 5 heteroatoms. The second-order valence-electron chi connectivity index (χ2n) is 4.28. The SMILES string of the molecule is COc1cc(-c2ccccn2)[c-]c(-c2ccccn2)c1.[Br][Pt+]. The van der Waals surface area contributed by atoms with E-state index < -0.39 is 0 Å². The van der Waals surface area contributed by atoms with Crippen LogP contribution < -0.4 is 4.74 Å². The third-order valence-electron chi connectivity index (χ3n) is 2.96. The van der Waals surface area contributed by atoms with Crippen LogP contribution in [0.25, 0.3) is 22.5 Å². The minimum atomic E-state index is 0.769. The molecule has 3 nitrogen and oxygen atoms in total. The molecule has 0 unspecified atom stereocenters. The van der Waals surface area contributed by atoms with E-state index in [-0.39, 0.29) is 0 Å². The standard InChI is InChI=1S/C17H13N2O.BrH.Pt/c1-20-15-11-13(16-6-2-4-8-18-16)10-14(12-15)17-7-3-5-9-19-17;;/h2-9,11-12H,1H3;1H;/q-1;;+2/p-1. The zero-order chi connectivity index (χ0) is 15.8. The van der Waals surface area contributed by atoms with Crippen LogP contribution in [0.1, 0.15) is 0 Å². The summed E-state index contributed by atoms with van der Waals surface area (Å²) in [6.45, 7) is 0. The number of pyridine rings is 2. The monoisotopic (exact) mass is 535 g/mol. The normalized spacial score (nSPS) is 9.64. The molecule has 114 valence electrons. The Bertz CT molecular complexity index is 651. The Morgan fingerprint density at radius 2 is 1.41 bits per heavy atom. The second kappa shape index (κ2) is 8.82. The van der Waals surface area contributed by atoms with Crippen molar-refractivity contribution in [2.45, 2.75) is 0 Å². The number of nitrogens with zero attached hydrogens (tertiary/aromatic N) is 2. The number of hydrogen-bond acceptors (Lipinski definition) is 3. The molecule has 22 heavy (non-hydrogen) atoms. The molecule has 3 rings (SSSR count). The Labute approximate surface area is 147 Å². The van der Waals surface area contributed by atoms with Crippen molar-refractivity contribution < 1.29 is 22.5 Å². The fourth-order valence-electron chi connectivity index (χ4n) is 1.98. The number of hydrogen-bond donors (Lipinski definition) is 0. The zero-order valence-electron chi connectivity index (χ0n) is 11.8. The van der Waals surface area contributed by atoms with Crippen molar-refractivity contribution in [3.8, 4) is 28.3 Å². The molecule has 0 radical (unpaired) electrons. The van der Waals surface area contributed by atoms with Gasteiger partial charge in [-0.3, -0.25) is 9.97 Å². The van der Waals surface area contributed by atoms with Gasteiger partial charge in [0.05, 0.1) is 12.9 Å². The Kier molecular flexibility index (Phi) is 6.75. The first-order valence-corrected chi connectivity index (χ1v) is 11.4. The molecule has 0 saturated carbocycles. The third kappa shape index (κ3) is 4.25. The number of ether oxygens (including phenoxy) is 1. The maximum absolute atomic E-state index is 5.36. The van der Waals surface area contributed by atoms with Crippen LogP contribution in [0, 0.1) is 6.07 Å². The van der Waals surface area contributed by atoms with Crippen LogP contribution in [0.4, 0.5) is 0 Å². The fraction of sp³-hybridized carbons (Fsp3) is 0.0588. The molecular weight excluding hydrogens is 523 g/mol. The summed E-state index contributed by atoms with van der Waals surface area (Å²) in [5, 5.41) is 0. The third-order valence-corrected chi connectivity index (χ3v) is 2.96. The molecule has 2 aromatic heterocycles. The summed E-state index contributed by atoms with van der Waals surface area (Å²) in [5.74, 6) is 0.769. The van der Waals surface area contributed by atoms with E-state index in [0.29, 0.717) is 0 Å². The molecule has 0 N–H and O–H groups in total. The van der Waals surface area contributed by atoms with Crippen LogP contribution in [0.2, 0.25) is 0 Å². The van der Waals surface area contributed by atoms with Crippen molar-refractivity contribution in [1.29, 1.82) is 0 Å². The van der Waals surface area contributed by atoms with E-state index in [2.05, 4.69) is 29.3 Å². The van der Waals surface area contributed by atoms with E-state index in [0.717, 1.165) is 28.3 Å². The minimum absolute atomic E-state index is 0.769. The van der Waals surface area contributed by atoms with Gasteiger partial charge in [-0.05, 0) is 12.1 Å². The van der Waals surface area contributed by atoms with Gasteiger partial charge in [-0.25, -0.2) is 0 Å². The average Bonchev–Trinajstić information content (AvgIpc) is 2.64. The molecule has 1 aromatic carbocycles. The molecule has 0 fully saturated rings. The topological polar surface area (TPSA) is 35.0 Å². The second-order valence-corrected chi connectivity index (χ2v) is 4.28. The number of benzene rings is 1. The van der Waals surface area contributed by atoms with Crippen LogP contribution in [-0.2, 0) is 17.8 Å². The van der Waals surface area contributed by atoms with Gasteiger partial charge in [0.2, 0.25) is 0 Å². The molecule has 0 aliphatic carbocycles. The van der Waals surface area contributed by atoms with Crippen molar-refractivity contribution in [3.63, 3.8) is 0 Å². The van der Waals surface area contributed by atoms with E-state index in [4.69, 9.17) is 4.74 Å². The Hall–Kier alpha value is -1.51. The zero-order valence-corrected chi connectivity index (χ0v) is 15.6. The molecule has 0 atom stereocenters. The van der Waals surface area contributed by atoms with E-state index in [1.807, 2.05) is 66.3 Å². The molecular formula is C17H13BrN2OPt. The van der Waals surface area contributed by atoms with E-state index in [9.17, 15) is 0 Å². The van der Waals surface area contributed by atoms with E-state index in [1.165, 1.54) is 0 Å². The number of rotatable bonds is 3. The predicted octanol–water partition coefficient (Wildman–Crippen LogP) is 4.46. The van der Waals surface area contributed by atoms with Gasteiger partial charge in [0.1, 0.15) is 0 Å². The van der Waals surface area contributed by atoms with Crippen molar-refractivity contribution in [3.05, 3.63) is 67.0 Å². The van der Waals surface area contributed by atoms with Gasteiger partial charge >= 0.3 is 31.1 Å². The average molecular weight is 536 g/mol. The van der Waals surface area contributed by atoms with Gasteiger partial charge in [-0.2, -0.15) is 0 Å². The Morgan fingerprint density at radius 1 is 0.909 bits per heavy atom. The molecule has 3 aromatic rings. The van der Waals surface area contributed by atoms with Crippen LogP contribution in [0.15, 0.2) is 60.9 Å². The van der Waals surface area contributed by atoms with Gasteiger partial charge in [-0.1, -0.05) is 47.5 Å². The first kappa shape index (κ1) is 16.9. The summed E-state index contributed by atoms with van der Waals surface area (Å²) in [6.07, 6.45) is 3.53. The Balaban J connectivity index is 0.000000847. The van der Waals surface area contributed by atoms with Gasteiger partial charge in [-0.15, -0.1) is 6.07 Å². The summed E-state index contributed by atoms with van der Waals surface area (Å²) in [4.78, 5) is 8.70. The number of halogens is 1. The molecule has 0 bridgehead atoms. The van der Waals surface area contributed by atoms with Gasteiger partial charge in [0.25, 0.3) is 0 Å². The van der Waals surface area contributed by atoms with Gasteiger partial charge in [0, 0.05) is 23.8 Å². The van der Waals surface area contributed by atoms with Crippen molar-refractivity contribution in [2.24, 2.45) is 0 Å². The molecule has 0 aliphatic heterocycles. The quantitative estimate of drug-likeness (QED) is 0.464. The van der Waals surface area contributed by atoms with Crippen LogP contribution in [0.5, 0.6) is 5.75 Å². The summed E-state index contributed by atoms with van der Waals surface area (Å²) in [5.41, 5.74) is 3.52. The molecule has 0 amide bonds. The van der Waals surface area contributed by atoms with Crippen molar-refractivity contribution in [2.75, 3.05) is 7.11 Å². The van der Waals surface area contributed by atoms with Crippen LogP contribution >= 0.6 is 13.3 Å². The first-order chi connectivity index (χ1) is 10.9. The number of aromatic nitrogens is 2.